The van der Waals surface area contributed by atoms with Crippen molar-refractivity contribution in [2.45, 2.75) is 6.92 Å². The molecular weight excluding hydrogens is 182 g/mol. The highest BCUT2D eigenvalue weighted by molar-refractivity contribution is 6.31. The molecule has 0 spiro atoms. The largest absolute Gasteiger partial charge is 0.324 e. The van der Waals surface area contributed by atoms with Crippen LogP contribution in [-0.2, 0) is 0 Å². The van der Waals surface area contributed by atoms with Crippen LogP contribution < -0.4 is 0 Å². The Morgan fingerprint density at radius 3 is 2.46 bits per heavy atom. The van der Waals surface area contributed by atoms with E-state index in [2.05, 4.69) is 6.07 Å². The average molecular weight is 192 g/mol. The lowest BCUT2D eigenvalue weighted by Gasteiger charge is -2.04. The number of halogens is 1. The molecule has 1 aromatic heterocycles. The highest BCUT2D eigenvalue weighted by Gasteiger charge is 1.98. The van der Waals surface area contributed by atoms with Gasteiger partial charge in [-0.1, -0.05) is 17.7 Å². The van der Waals surface area contributed by atoms with Crippen molar-refractivity contribution < 1.29 is 0 Å². The predicted molar refractivity (Wildman–Crippen MR) is 55.5 cm³/mol. The van der Waals surface area contributed by atoms with Crippen LogP contribution in [0.25, 0.3) is 5.69 Å². The molecule has 0 atom stereocenters. The van der Waals surface area contributed by atoms with Crippen molar-refractivity contribution in [3.05, 3.63) is 53.3 Å². The van der Waals surface area contributed by atoms with Gasteiger partial charge >= 0.3 is 0 Å². The first-order valence-electron chi connectivity index (χ1n) is 4.17. The second kappa shape index (κ2) is 3.27. The Labute approximate surface area is 82.6 Å². The summed E-state index contributed by atoms with van der Waals surface area (Å²) in [5.74, 6) is 0. The van der Waals surface area contributed by atoms with E-state index >= 15 is 0 Å². The van der Waals surface area contributed by atoms with Crippen LogP contribution >= 0.6 is 11.6 Å². The third kappa shape index (κ3) is 1.61. The third-order valence-corrected chi connectivity index (χ3v) is 2.47. The number of aryl methyl sites for hydroxylation is 1. The summed E-state index contributed by atoms with van der Waals surface area (Å²) in [6, 6.07) is 10.0. The van der Waals surface area contributed by atoms with Crippen molar-refractivity contribution in [2.75, 3.05) is 0 Å². The number of aromatic nitrogens is 1. The topological polar surface area (TPSA) is 4.93 Å². The van der Waals surface area contributed by atoms with Crippen LogP contribution in [0, 0.1) is 6.92 Å². The van der Waals surface area contributed by atoms with Gasteiger partial charge in [-0.2, -0.15) is 0 Å². The molecule has 66 valence electrons. The first kappa shape index (κ1) is 8.39. The van der Waals surface area contributed by atoms with Gasteiger partial charge in [0.15, 0.2) is 0 Å². The first-order chi connectivity index (χ1) is 6.27. The van der Waals surface area contributed by atoms with E-state index in [1.54, 1.807) is 0 Å². The minimum absolute atomic E-state index is 0.811. The van der Waals surface area contributed by atoms with Crippen molar-refractivity contribution in [2.24, 2.45) is 0 Å². The maximum atomic E-state index is 6.02. The molecule has 0 aliphatic heterocycles. The van der Waals surface area contributed by atoms with E-state index in [9.17, 15) is 0 Å². The maximum absolute atomic E-state index is 6.02. The van der Waals surface area contributed by atoms with Gasteiger partial charge in [0.1, 0.15) is 0 Å². The van der Waals surface area contributed by atoms with Crippen LogP contribution in [0.1, 0.15) is 5.56 Å². The number of benzene rings is 1. The summed E-state index contributed by atoms with van der Waals surface area (Å²) in [6.45, 7) is 2.00. The highest BCUT2D eigenvalue weighted by atomic mass is 35.5. The summed E-state index contributed by atoms with van der Waals surface area (Å²) < 4.78 is 2.03. The quantitative estimate of drug-likeness (QED) is 0.651. The van der Waals surface area contributed by atoms with Crippen LogP contribution in [0.15, 0.2) is 42.7 Å². The van der Waals surface area contributed by atoms with Crippen molar-refractivity contribution in [1.29, 1.82) is 0 Å². The molecule has 13 heavy (non-hydrogen) atoms. The minimum atomic E-state index is 0.811. The molecule has 0 saturated carbocycles. The number of rotatable bonds is 1. The molecule has 2 rings (SSSR count). The van der Waals surface area contributed by atoms with Crippen LogP contribution in [0.3, 0.4) is 0 Å². The Balaban J connectivity index is 2.49. The molecule has 1 nitrogen and oxygen atoms in total. The Hall–Kier alpha value is -1.21. The molecule has 1 heterocycles. The van der Waals surface area contributed by atoms with Crippen molar-refractivity contribution in [1.82, 2.24) is 4.57 Å². The molecule has 0 fully saturated rings. The summed E-state index contributed by atoms with van der Waals surface area (Å²) in [5.41, 5.74) is 2.21. The Kier molecular flexibility index (Phi) is 2.11. The van der Waals surface area contributed by atoms with Gasteiger partial charge in [0, 0.05) is 23.1 Å². The molecule has 0 bridgehead atoms. The van der Waals surface area contributed by atoms with Crippen molar-refractivity contribution in [3.63, 3.8) is 0 Å². The Morgan fingerprint density at radius 1 is 1.15 bits per heavy atom. The van der Waals surface area contributed by atoms with Gasteiger partial charge in [-0.15, -0.1) is 0 Å². The lowest BCUT2D eigenvalue weighted by molar-refractivity contribution is 1.08. The second-order valence-electron chi connectivity index (χ2n) is 3.02. The van der Waals surface area contributed by atoms with E-state index in [-0.39, 0.29) is 0 Å². The van der Waals surface area contributed by atoms with Gasteiger partial charge in [0.2, 0.25) is 0 Å². The van der Waals surface area contributed by atoms with Gasteiger partial charge in [-0.05, 0) is 36.8 Å². The molecule has 0 saturated heterocycles. The first-order valence-corrected chi connectivity index (χ1v) is 4.54. The molecule has 0 N–H and O–H groups in total. The smallest absolute Gasteiger partial charge is 0.0464 e. The summed E-state index contributed by atoms with van der Waals surface area (Å²) in [4.78, 5) is 0. The molecule has 0 radical (unpaired) electrons. The molecule has 1 aromatic carbocycles. The zero-order valence-electron chi connectivity index (χ0n) is 7.37. The monoisotopic (exact) mass is 191 g/mol. The summed E-state index contributed by atoms with van der Waals surface area (Å²) >= 11 is 6.02. The van der Waals surface area contributed by atoms with Crippen molar-refractivity contribution in [3.8, 4) is 5.69 Å². The van der Waals surface area contributed by atoms with Crippen LogP contribution in [0.2, 0.25) is 5.02 Å². The van der Waals surface area contributed by atoms with E-state index in [1.165, 1.54) is 0 Å². The predicted octanol–water partition coefficient (Wildman–Crippen LogP) is 3.44. The van der Waals surface area contributed by atoms with Gasteiger partial charge in [0.05, 0.1) is 0 Å². The van der Waals surface area contributed by atoms with Gasteiger partial charge in [-0.3, -0.25) is 0 Å². The zero-order valence-corrected chi connectivity index (χ0v) is 8.12. The zero-order chi connectivity index (χ0) is 9.26. The summed E-state index contributed by atoms with van der Waals surface area (Å²) in [6.07, 6.45) is 4.00. The van der Waals surface area contributed by atoms with E-state index in [4.69, 9.17) is 11.6 Å². The second-order valence-corrected chi connectivity index (χ2v) is 3.43. The van der Waals surface area contributed by atoms with E-state index in [0.717, 1.165) is 16.3 Å². The standard InChI is InChI=1S/C11H10ClN/c1-9-4-5-10(8-11(9)12)13-6-2-3-7-13/h2-8H,1H3. The van der Waals surface area contributed by atoms with E-state index in [0.29, 0.717) is 0 Å². The van der Waals surface area contributed by atoms with Crippen LogP contribution in [0.4, 0.5) is 0 Å². The molecule has 2 heteroatoms. The van der Waals surface area contributed by atoms with E-state index < -0.39 is 0 Å². The molecule has 0 aliphatic rings. The van der Waals surface area contributed by atoms with Gasteiger partial charge in [0.25, 0.3) is 0 Å². The number of hydrogen-bond donors (Lipinski definition) is 0. The number of nitrogens with zero attached hydrogens (tertiary/aromatic N) is 1. The minimum Gasteiger partial charge on any atom is -0.324 e. The average Bonchev–Trinajstić information content (AvgIpc) is 2.62. The lowest BCUT2D eigenvalue weighted by atomic mass is 10.2. The maximum Gasteiger partial charge on any atom is 0.0464 e. The third-order valence-electron chi connectivity index (χ3n) is 2.06. The SMILES string of the molecule is Cc1ccc(-n2cccc2)cc1Cl. The Morgan fingerprint density at radius 2 is 1.85 bits per heavy atom. The molecule has 0 unspecified atom stereocenters. The molecular formula is C11H10ClN. The molecule has 2 aromatic rings. The van der Waals surface area contributed by atoms with Gasteiger partial charge in [-0.25, -0.2) is 0 Å². The van der Waals surface area contributed by atoms with Crippen LogP contribution in [0.5, 0.6) is 0 Å². The number of hydrogen-bond acceptors (Lipinski definition) is 0. The normalized spacial score (nSPS) is 10.3. The fraction of sp³-hybridized carbons (Fsp3) is 0.0909. The summed E-state index contributed by atoms with van der Waals surface area (Å²) in [5, 5.41) is 0.811. The van der Waals surface area contributed by atoms with Crippen molar-refractivity contribution >= 4 is 11.6 Å². The van der Waals surface area contributed by atoms with Crippen LogP contribution in [-0.4, -0.2) is 4.57 Å². The molecule has 0 amide bonds. The van der Waals surface area contributed by atoms with Gasteiger partial charge < -0.3 is 4.57 Å². The summed E-state index contributed by atoms with van der Waals surface area (Å²) in [7, 11) is 0. The lowest BCUT2D eigenvalue weighted by Crippen LogP contribution is -1.89. The Bertz CT molecular complexity index is 404. The fourth-order valence-electron chi connectivity index (χ4n) is 1.25. The molecule has 0 aliphatic carbocycles. The van der Waals surface area contributed by atoms with E-state index in [1.807, 2.05) is 48.1 Å². The highest BCUT2D eigenvalue weighted by Crippen LogP contribution is 2.19. The fourth-order valence-corrected chi connectivity index (χ4v) is 1.42.